The highest BCUT2D eigenvalue weighted by atomic mass is 79.9. The molecule has 0 radical (unpaired) electrons. The Bertz CT molecular complexity index is 601. The highest BCUT2D eigenvalue weighted by Gasteiger charge is 2.09. The number of ether oxygens (including phenoxy) is 1. The van der Waals surface area contributed by atoms with Crippen molar-refractivity contribution in [2.75, 3.05) is 7.11 Å². The standard InChI is InChI=1S/C17H19Br2NO/c1-12(16-7-6-15(18)9-17(16)19)20-10-13-4-3-5-14(8-13)11-21-2/h3-9,12,20H,10-11H2,1-2H3. The smallest absolute Gasteiger partial charge is 0.0713 e. The van der Waals surface area contributed by atoms with Gasteiger partial charge in [0.2, 0.25) is 0 Å². The molecule has 0 fully saturated rings. The van der Waals surface area contributed by atoms with E-state index in [-0.39, 0.29) is 6.04 Å². The van der Waals surface area contributed by atoms with Gasteiger partial charge in [-0.2, -0.15) is 0 Å². The Kier molecular flexibility index (Phi) is 6.42. The molecular formula is C17H19Br2NO. The van der Waals surface area contributed by atoms with Crippen LogP contribution in [0.25, 0.3) is 0 Å². The molecule has 21 heavy (non-hydrogen) atoms. The van der Waals surface area contributed by atoms with Crippen molar-refractivity contribution in [1.82, 2.24) is 5.32 Å². The van der Waals surface area contributed by atoms with E-state index in [1.165, 1.54) is 16.7 Å². The fourth-order valence-electron chi connectivity index (χ4n) is 2.23. The molecule has 0 spiro atoms. The topological polar surface area (TPSA) is 21.3 Å². The summed E-state index contributed by atoms with van der Waals surface area (Å²) >= 11 is 7.10. The van der Waals surface area contributed by atoms with Crippen LogP contribution in [0.3, 0.4) is 0 Å². The molecule has 2 rings (SSSR count). The Morgan fingerprint density at radius 2 is 1.86 bits per heavy atom. The molecule has 0 aliphatic heterocycles. The van der Waals surface area contributed by atoms with Gasteiger partial charge in [0.1, 0.15) is 0 Å². The molecule has 1 unspecified atom stereocenters. The van der Waals surface area contributed by atoms with Crippen LogP contribution in [0.1, 0.15) is 29.7 Å². The van der Waals surface area contributed by atoms with Gasteiger partial charge in [-0.25, -0.2) is 0 Å². The van der Waals surface area contributed by atoms with Gasteiger partial charge in [-0.05, 0) is 35.7 Å². The van der Waals surface area contributed by atoms with Gasteiger partial charge in [-0.15, -0.1) is 0 Å². The molecule has 4 heteroatoms. The molecule has 0 aliphatic rings. The molecule has 2 aromatic rings. The fraction of sp³-hybridized carbons (Fsp3) is 0.294. The van der Waals surface area contributed by atoms with Gasteiger partial charge in [-0.1, -0.05) is 62.2 Å². The minimum atomic E-state index is 0.276. The number of hydrogen-bond donors (Lipinski definition) is 1. The zero-order chi connectivity index (χ0) is 15.2. The van der Waals surface area contributed by atoms with Crippen LogP contribution in [0.2, 0.25) is 0 Å². The Morgan fingerprint density at radius 3 is 2.57 bits per heavy atom. The molecule has 0 amide bonds. The molecule has 0 bridgehead atoms. The van der Waals surface area contributed by atoms with Gasteiger partial charge < -0.3 is 10.1 Å². The molecule has 0 saturated carbocycles. The first-order valence-electron chi connectivity index (χ1n) is 6.85. The maximum atomic E-state index is 5.17. The van der Waals surface area contributed by atoms with Crippen molar-refractivity contribution in [3.63, 3.8) is 0 Å². The van der Waals surface area contributed by atoms with Gasteiger partial charge in [0, 0.05) is 28.6 Å². The SMILES string of the molecule is COCc1cccc(CNC(C)c2ccc(Br)cc2Br)c1. The second-order valence-corrected chi connectivity index (χ2v) is 6.79. The number of hydrogen-bond acceptors (Lipinski definition) is 2. The highest BCUT2D eigenvalue weighted by molar-refractivity contribution is 9.11. The second-order valence-electron chi connectivity index (χ2n) is 5.02. The molecule has 0 saturated heterocycles. The lowest BCUT2D eigenvalue weighted by Gasteiger charge is -2.16. The molecule has 0 aliphatic carbocycles. The number of halogens is 2. The Morgan fingerprint density at radius 1 is 1.10 bits per heavy atom. The summed E-state index contributed by atoms with van der Waals surface area (Å²) in [6.07, 6.45) is 0. The normalized spacial score (nSPS) is 12.4. The average Bonchev–Trinajstić information content (AvgIpc) is 2.45. The van der Waals surface area contributed by atoms with Crippen LogP contribution in [-0.2, 0) is 17.9 Å². The first kappa shape index (κ1) is 16.7. The molecule has 1 N–H and O–H groups in total. The summed E-state index contributed by atoms with van der Waals surface area (Å²) in [7, 11) is 1.72. The zero-order valence-corrected chi connectivity index (χ0v) is 15.4. The van der Waals surface area contributed by atoms with Crippen molar-refractivity contribution in [3.8, 4) is 0 Å². The van der Waals surface area contributed by atoms with Crippen LogP contribution in [-0.4, -0.2) is 7.11 Å². The first-order valence-corrected chi connectivity index (χ1v) is 8.44. The largest absolute Gasteiger partial charge is 0.380 e. The van der Waals surface area contributed by atoms with Gasteiger partial charge in [-0.3, -0.25) is 0 Å². The molecule has 1 atom stereocenters. The predicted molar refractivity (Wildman–Crippen MR) is 94.3 cm³/mol. The summed E-state index contributed by atoms with van der Waals surface area (Å²) in [5.74, 6) is 0. The van der Waals surface area contributed by atoms with E-state index in [2.05, 4.69) is 86.6 Å². The van der Waals surface area contributed by atoms with Crippen LogP contribution in [0.4, 0.5) is 0 Å². The summed E-state index contributed by atoms with van der Waals surface area (Å²) in [5.41, 5.74) is 3.73. The van der Waals surface area contributed by atoms with Crippen molar-refractivity contribution >= 4 is 31.9 Å². The summed E-state index contributed by atoms with van der Waals surface area (Å²) in [5, 5.41) is 3.56. The number of nitrogens with one attached hydrogen (secondary N) is 1. The maximum absolute atomic E-state index is 5.17. The van der Waals surface area contributed by atoms with E-state index in [0.29, 0.717) is 6.61 Å². The molecule has 2 aromatic carbocycles. The predicted octanol–water partition coefficient (Wildman–Crippen LogP) is 5.21. The van der Waals surface area contributed by atoms with Gasteiger partial charge >= 0.3 is 0 Å². The van der Waals surface area contributed by atoms with E-state index < -0.39 is 0 Å². The summed E-state index contributed by atoms with van der Waals surface area (Å²) in [6.45, 7) is 3.66. The Labute approximate surface area is 143 Å². The zero-order valence-electron chi connectivity index (χ0n) is 12.2. The third-order valence-electron chi connectivity index (χ3n) is 3.34. The third kappa shape index (κ3) is 4.92. The number of methoxy groups -OCH3 is 1. The quantitative estimate of drug-likeness (QED) is 0.703. The second kappa shape index (κ2) is 8.08. The van der Waals surface area contributed by atoms with Crippen LogP contribution >= 0.6 is 31.9 Å². The van der Waals surface area contributed by atoms with Crippen molar-refractivity contribution < 1.29 is 4.74 Å². The lowest BCUT2D eigenvalue weighted by molar-refractivity contribution is 0.185. The van der Waals surface area contributed by atoms with E-state index in [0.717, 1.165) is 15.5 Å². The average molecular weight is 413 g/mol. The summed E-state index contributed by atoms with van der Waals surface area (Å²) < 4.78 is 7.37. The van der Waals surface area contributed by atoms with Crippen molar-refractivity contribution in [1.29, 1.82) is 0 Å². The summed E-state index contributed by atoms with van der Waals surface area (Å²) in [4.78, 5) is 0. The van der Waals surface area contributed by atoms with Crippen molar-refractivity contribution in [2.24, 2.45) is 0 Å². The molecule has 112 valence electrons. The minimum absolute atomic E-state index is 0.276. The maximum Gasteiger partial charge on any atom is 0.0713 e. The fourth-order valence-corrected chi connectivity index (χ4v) is 3.62. The van der Waals surface area contributed by atoms with Crippen LogP contribution in [0, 0.1) is 0 Å². The Hall–Kier alpha value is -0.680. The van der Waals surface area contributed by atoms with Gasteiger partial charge in [0.15, 0.2) is 0 Å². The van der Waals surface area contributed by atoms with Gasteiger partial charge in [0.05, 0.1) is 6.61 Å². The highest BCUT2D eigenvalue weighted by Crippen LogP contribution is 2.27. The third-order valence-corrected chi connectivity index (χ3v) is 4.52. The van der Waals surface area contributed by atoms with Crippen molar-refractivity contribution in [3.05, 3.63) is 68.1 Å². The lowest BCUT2D eigenvalue weighted by atomic mass is 10.1. The molecule has 0 aromatic heterocycles. The van der Waals surface area contributed by atoms with E-state index in [4.69, 9.17) is 4.74 Å². The molecule has 0 heterocycles. The first-order chi connectivity index (χ1) is 10.1. The van der Waals surface area contributed by atoms with Crippen molar-refractivity contribution in [2.45, 2.75) is 26.1 Å². The molecular weight excluding hydrogens is 394 g/mol. The number of rotatable bonds is 6. The van der Waals surface area contributed by atoms with E-state index in [9.17, 15) is 0 Å². The van der Waals surface area contributed by atoms with Crippen LogP contribution in [0.5, 0.6) is 0 Å². The molecule has 2 nitrogen and oxygen atoms in total. The van der Waals surface area contributed by atoms with Gasteiger partial charge in [0.25, 0.3) is 0 Å². The minimum Gasteiger partial charge on any atom is -0.380 e. The van der Waals surface area contributed by atoms with E-state index in [1.807, 2.05) is 0 Å². The van der Waals surface area contributed by atoms with Crippen LogP contribution < -0.4 is 5.32 Å². The van der Waals surface area contributed by atoms with Crippen LogP contribution in [0.15, 0.2) is 51.4 Å². The van der Waals surface area contributed by atoms with E-state index >= 15 is 0 Å². The number of benzene rings is 2. The lowest BCUT2D eigenvalue weighted by Crippen LogP contribution is -2.18. The van der Waals surface area contributed by atoms with E-state index in [1.54, 1.807) is 7.11 Å². The monoisotopic (exact) mass is 411 g/mol. The summed E-state index contributed by atoms with van der Waals surface area (Å²) in [6, 6.07) is 15.0. The Balaban J connectivity index is 2.00.